The molecule has 1 aliphatic rings. The second-order valence-corrected chi connectivity index (χ2v) is 5.09. The average molecular weight is 310 g/mol. The third-order valence-corrected chi connectivity index (χ3v) is 3.29. The molecular formula is C13H12BrNO3. The van der Waals surface area contributed by atoms with E-state index in [1.165, 1.54) is 4.90 Å². The van der Waals surface area contributed by atoms with Crippen LogP contribution < -0.4 is 4.90 Å². The molecule has 1 aliphatic heterocycles. The van der Waals surface area contributed by atoms with Crippen LogP contribution in [0.3, 0.4) is 0 Å². The van der Waals surface area contributed by atoms with Crippen LogP contribution in [-0.2, 0) is 9.59 Å². The number of rotatable bonds is 4. The zero-order valence-corrected chi connectivity index (χ0v) is 11.5. The van der Waals surface area contributed by atoms with E-state index in [0.717, 1.165) is 10.9 Å². The fourth-order valence-electron chi connectivity index (χ4n) is 1.96. The highest BCUT2D eigenvalue weighted by atomic mass is 79.9. The molecule has 2 rings (SSSR count). The molecule has 0 fully saturated rings. The summed E-state index contributed by atoms with van der Waals surface area (Å²) in [7, 11) is 0. The Kier molecular flexibility index (Phi) is 3.61. The van der Waals surface area contributed by atoms with Gasteiger partial charge in [0.05, 0.1) is 17.8 Å². The number of ketones is 2. The van der Waals surface area contributed by atoms with Gasteiger partial charge in [-0.1, -0.05) is 22.9 Å². The Morgan fingerprint density at radius 2 is 2.06 bits per heavy atom. The molecule has 0 bridgehead atoms. The Hall–Kier alpha value is -1.49. The molecule has 1 aromatic rings. The van der Waals surface area contributed by atoms with Crippen LogP contribution in [0, 0.1) is 0 Å². The maximum absolute atomic E-state index is 11.8. The number of hydrogen-bond acceptors (Lipinski definition) is 3. The quantitative estimate of drug-likeness (QED) is 0.802. The van der Waals surface area contributed by atoms with Crippen LogP contribution in [0.4, 0.5) is 5.69 Å². The van der Waals surface area contributed by atoms with Gasteiger partial charge in [0, 0.05) is 10.9 Å². The summed E-state index contributed by atoms with van der Waals surface area (Å²) in [6.45, 7) is 1.88. The monoisotopic (exact) mass is 309 g/mol. The number of amides is 1. The van der Waals surface area contributed by atoms with Crippen molar-refractivity contribution in [2.45, 2.75) is 19.8 Å². The molecule has 0 unspecified atom stereocenters. The number of carbonyl (C=O) groups excluding carboxylic acids is 3. The van der Waals surface area contributed by atoms with Gasteiger partial charge in [-0.2, -0.15) is 0 Å². The zero-order chi connectivity index (χ0) is 13.3. The Labute approximate surface area is 113 Å². The molecular weight excluding hydrogens is 298 g/mol. The SMILES string of the molecule is CCCC(=O)CN1C(=O)C(=O)c2ccc(Br)cc21. The van der Waals surface area contributed by atoms with E-state index in [9.17, 15) is 14.4 Å². The second kappa shape index (κ2) is 5.02. The summed E-state index contributed by atoms with van der Waals surface area (Å²) in [5.74, 6) is -1.19. The fourth-order valence-corrected chi connectivity index (χ4v) is 2.31. The number of anilines is 1. The van der Waals surface area contributed by atoms with Gasteiger partial charge >= 0.3 is 0 Å². The molecule has 0 aliphatic carbocycles. The summed E-state index contributed by atoms with van der Waals surface area (Å²) in [6.07, 6.45) is 1.15. The third-order valence-electron chi connectivity index (χ3n) is 2.80. The molecule has 0 radical (unpaired) electrons. The molecule has 5 heteroatoms. The van der Waals surface area contributed by atoms with E-state index in [0.29, 0.717) is 17.7 Å². The van der Waals surface area contributed by atoms with Crippen molar-refractivity contribution in [1.82, 2.24) is 0 Å². The minimum atomic E-state index is -0.618. The Morgan fingerprint density at radius 1 is 1.33 bits per heavy atom. The first-order chi connectivity index (χ1) is 8.54. The number of carbonyl (C=O) groups is 3. The number of fused-ring (bicyclic) bond motifs is 1. The van der Waals surface area contributed by atoms with Crippen molar-refractivity contribution in [3.8, 4) is 0 Å². The molecule has 94 valence electrons. The summed E-state index contributed by atoms with van der Waals surface area (Å²) >= 11 is 3.30. The minimum Gasteiger partial charge on any atom is -0.298 e. The van der Waals surface area contributed by atoms with Gasteiger partial charge < -0.3 is 0 Å². The highest BCUT2D eigenvalue weighted by Crippen LogP contribution is 2.31. The average Bonchev–Trinajstić information content (AvgIpc) is 2.55. The summed E-state index contributed by atoms with van der Waals surface area (Å²) < 4.78 is 0.775. The molecule has 1 aromatic carbocycles. The predicted molar refractivity (Wildman–Crippen MR) is 70.7 cm³/mol. The van der Waals surface area contributed by atoms with Crippen LogP contribution in [0.15, 0.2) is 22.7 Å². The van der Waals surface area contributed by atoms with Gasteiger partial charge in [-0.05, 0) is 24.6 Å². The number of Topliss-reactive ketones (excluding diaryl/α,β-unsaturated/α-hetero) is 2. The minimum absolute atomic E-state index is 0.0259. The van der Waals surface area contributed by atoms with E-state index < -0.39 is 11.7 Å². The van der Waals surface area contributed by atoms with Gasteiger partial charge in [-0.25, -0.2) is 0 Å². The molecule has 0 saturated carbocycles. The molecule has 18 heavy (non-hydrogen) atoms. The van der Waals surface area contributed by atoms with Gasteiger partial charge in [0.25, 0.3) is 11.7 Å². The van der Waals surface area contributed by atoms with Crippen LogP contribution in [0.5, 0.6) is 0 Å². The van der Waals surface area contributed by atoms with Crippen molar-refractivity contribution in [1.29, 1.82) is 0 Å². The van der Waals surface area contributed by atoms with Gasteiger partial charge in [0.15, 0.2) is 5.78 Å². The lowest BCUT2D eigenvalue weighted by molar-refractivity contribution is -0.120. The summed E-state index contributed by atoms with van der Waals surface area (Å²) in [4.78, 5) is 36.5. The van der Waals surface area contributed by atoms with Crippen LogP contribution in [0.2, 0.25) is 0 Å². The molecule has 0 spiro atoms. The Morgan fingerprint density at radius 3 is 2.72 bits per heavy atom. The maximum Gasteiger partial charge on any atom is 0.299 e. The van der Waals surface area contributed by atoms with E-state index >= 15 is 0 Å². The Bertz CT molecular complexity index is 539. The van der Waals surface area contributed by atoms with Crippen molar-refractivity contribution in [2.24, 2.45) is 0 Å². The molecule has 0 aromatic heterocycles. The van der Waals surface area contributed by atoms with Crippen molar-refractivity contribution >= 4 is 39.1 Å². The molecule has 0 saturated heterocycles. The van der Waals surface area contributed by atoms with Gasteiger partial charge in [0.1, 0.15) is 0 Å². The van der Waals surface area contributed by atoms with Crippen molar-refractivity contribution < 1.29 is 14.4 Å². The number of nitrogens with zero attached hydrogens (tertiary/aromatic N) is 1. The maximum atomic E-state index is 11.8. The molecule has 0 N–H and O–H groups in total. The summed E-state index contributed by atoms with van der Waals surface area (Å²) in [5.41, 5.74) is 0.885. The normalized spacial score (nSPS) is 14.0. The lowest BCUT2D eigenvalue weighted by atomic mass is 10.1. The highest BCUT2D eigenvalue weighted by Gasteiger charge is 2.36. The van der Waals surface area contributed by atoms with E-state index in [1.807, 2.05) is 6.92 Å². The van der Waals surface area contributed by atoms with Gasteiger partial charge in [0.2, 0.25) is 0 Å². The lowest BCUT2D eigenvalue weighted by Gasteiger charge is -2.15. The summed E-state index contributed by atoms with van der Waals surface area (Å²) in [5, 5.41) is 0. The summed E-state index contributed by atoms with van der Waals surface area (Å²) in [6, 6.07) is 5.00. The third kappa shape index (κ3) is 2.22. The molecule has 1 amide bonds. The van der Waals surface area contributed by atoms with Crippen LogP contribution in [-0.4, -0.2) is 24.0 Å². The van der Waals surface area contributed by atoms with Gasteiger partial charge in [-0.15, -0.1) is 0 Å². The largest absolute Gasteiger partial charge is 0.299 e. The molecule has 4 nitrogen and oxygen atoms in total. The molecule has 1 heterocycles. The van der Waals surface area contributed by atoms with Crippen LogP contribution in [0.1, 0.15) is 30.1 Å². The predicted octanol–water partition coefficient (Wildman–Crippen LogP) is 2.35. The smallest absolute Gasteiger partial charge is 0.298 e. The van der Waals surface area contributed by atoms with E-state index in [1.54, 1.807) is 18.2 Å². The van der Waals surface area contributed by atoms with Gasteiger partial charge in [-0.3, -0.25) is 19.3 Å². The second-order valence-electron chi connectivity index (χ2n) is 4.17. The first-order valence-electron chi connectivity index (χ1n) is 5.72. The van der Waals surface area contributed by atoms with Crippen molar-refractivity contribution in [3.05, 3.63) is 28.2 Å². The first kappa shape index (κ1) is 13.0. The number of hydrogen-bond donors (Lipinski definition) is 0. The van der Waals surface area contributed by atoms with Crippen molar-refractivity contribution in [2.75, 3.05) is 11.4 Å². The highest BCUT2D eigenvalue weighted by molar-refractivity contribution is 9.10. The number of halogens is 1. The Balaban J connectivity index is 2.33. The zero-order valence-electron chi connectivity index (χ0n) is 9.90. The van der Waals surface area contributed by atoms with Crippen molar-refractivity contribution in [3.63, 3.8) is 0 Å². The standard InChI is InChI=1S/C13H12BrNO3/c1-2-3-9(16)7-15-11-6-8(14)4-5-10(11)12(17)13(15)18/h4-6H,2-3,7H2,1H3. The van der Waals surface area contributed by atoms with Crippen LogP contribution >= 0.6 is 15.9 Å². The number of benzene rings is 1. The van der Waals surface area contributed by atoms with Crippen LogP contribution in [0.25, 0.3) is 0 Å². The lowest BCUT2D eigenvalue weighted by Crippen LogP contribution is -2.34. The first-order valence-corrected chi connectivity index (χ1v) is 6.51. The topological polar surface area (TPSA) is 54.5 Å². The van der Waals surface area contributed by atoms with E-state index in [2.05, 4.69) is 15.9 Å². The molecule has 0 atom stereocenters. The van der Waals surface area contributed by atoms with E-state index in [-0.39, 0.29) is 12.3 Å². The van der Waals surface area contributed by atoms with E-state index in [4.69, 9.17) is 0 Å². The fraction of sp³-hybridized carbons (Fsp3) is 0.308.